The third-order valence-corrected chi connectivity index (χ3v) is 2.04. The highest BCUT2D eigenvalue weighted by Crippen LogP contribution is 1.99. The van der Waals surface area contributed by atoms with E-state index in [1.807, 2.05) is 11.8 Å². The maximum absolute atomic E-state index is 5.31. The Balaban J connectivity index is 2.88. The van der Waals surface area contributed by atoms with Crippen molar-refractivity contribution in [3.63, 3.8) is 0 Å². The highest BCUT2D eigenvalue weighted by atomic mass is 32.2. The molecule has 0 rings (SSSR count). The molecule has 3 heteroatoms. The zero-order valence-corrected chi connectivity index (χ0v) is 7.00. The van der Waals surface area contributed by atoms with Crippen LogP contribution in [0.3, 0.4) is 0 Å². The van der Waals surface area contributed by atoms with Crippen molar-refractivity contribution in [2.75, 3.05) is 19.3 Å². The largest absolute Gasteiger partial charge is 0.330 e. The smallest absolute Gasteiger partial charge is 0.0500 e. The van der Waals surface area contributed by atoms with Crippen LogP contribution in [0, 0.1) is 0 Å². The summed E-state index contributed by atoms with van der Waals surface area (Å²) in [5.41, 5.74) is 5.31. The minimum atomic E-state index is 0.566. The van der Waals surface area contributed by atoms with E-state index >= 15 is 0 Å². The third-order valence-electron chi connectivity index (χ3n) is 1.17. The molecule has 0 saturated heterocycles. The minimum absolute atomic E-state index is 0.566. The van der Waals surface area contributed by atoms with E-state index in [2.05, 4.69) is 18.5 Å². The SMILES string of the molecule is CSC(C)NCCCN. The lowest BCUT2D eigenvalue weighted by molar-refractivity contribution is 0.652. The van der Waals surface area contributed by atoms with Crippen molar-refractivity contribution < 1.29 is 0 Å². The van der Waals surface area contributed by atoms with Gasteiger partial charge < -0.3 is 11.1 Å². The van der Waals surface area contributed by atoms with Gasteiger partial charge in [0.1, 0.15) is 0 Å². The van der Waals surface area contributed by atoms with Crippen molar-refractivity contribution in [1.29, 1.82) is 0 Å². The Morgan fingerprint density at radius 3 is 2.78 bits per heavy atom. The van der Waals surface area contributed by atoms with Gasteiger partial charge in [-0.15, -0.1) is 11.8 Å². The van der Waals surface area contributed by atoms with E-state index in [-0.39, 0.29) is 0 Å². The van der Waals surface area contributed by atoms with Crippen molar-refractivity contribution in [1.82, 2.24) is 5.32 Å². The molecule has 0 aromatic carbocycles. The maximum Gasteiger partial charge on any atom is 0.0500 e. The summed E-state index contributed by atoms with van der Waals surface area (Å²) in [7, 11) is 0. The number of hydrogen-bond donors (Lipinski definition) is 2. The van der Waals surface area contributed by atoms with Gasteiger partial charge in [-0.3, -0.25) is 0 Å². The van der Waals surface area contributed by atoms with Gasteiger partial charge in [0.25, 0.3) is 0 Å². The van der Waals surface area contributed by atoms with Crippen LogP contribution in [0.5, 0.6) is 0 Å². The average Bonchev–Trinajstić information content (AvgIpc) is 1.89. The van der Waals surface area contributed by atoms with E-state index in [0.29, 0.717) is 5.37 Å². The molecule has 3 N–H and O–H groups in total. The van der Waals surface area contributed by atoms with Gasteiger partial charge in [0.05, 0.1) is 5.37 Å². The first kappa shape index (κ1) is 9.27. The van der Waals surface area contributed by atoms with Gasteiger partial charge in [-0.05, 0) is 32.7 Å². The number of thioether (sulfide) groups is 1. The van der Waals surface area contributed by atoms with Gasteiger partial charge in [-0.25, -0.2) is 0 Å². The Labute approximate surface area is 61.6 Å². The summed E-state index contributed by atoms with van der Waals surface area (Å²) >= 11 is 1.82. The van der Waals surface area contributed by atoms with Crippen LogP contribution in [0.2, 0.25) is 0 Å². The summed E-state index contributed by atoms with van der Waals surface area (Å²) < 4.78 is 0. The highest BCUT2D eigenvalue weighted by Gasteiger charge is 1.93. The van der Waals surface area contributed by atoms with Gasteiger partial charge in [-0.1, -0.05) is 0 Å². The fraction of sp³-hybridized carbons (Fsp3) is 1.00. The van der Waals surface area contributed by atoms with Crippen LogP contribution < -0.4 is 11.1 Å². The van der Waals surface area contributed by atoms with E-state index in [1.54, 1.807) is 0 Å². The monoisotopic (exact) mass is 148 g/mol. The van der Waals surface area contributed by atoms with Gasteiger partial charge in [-0.2, -0.15) is 0 Å². The van der Waals surface area contributed by atoms with Crippen LogP contribution >= 0.6 is 11.8 Å². The fourth-order valence-electron chi connectivity index (χ4n) is 0.491. The second-order valence-electron chi connectivity index (χ2n) is 1.97. The molecule has 0 saturated carbocycles. The number of nitrogens with two attached hydrogens (primary N) is 1. The predicted molar refractivity (Wildman–Crippen MR) is 44.7 cm³/mol. The van der Waals surface area contributed by atoms with Crippen LogP contribution in [-0.2, 0) is 0 Å². The fourth-order valence-corrected chi connectivity index (χ4v) is 0.775. The molecule has 2 nitrogen and oxygen atoms in total. The molecular weight excluding hydrogens is 132 g/mol. The molecule has 56 valence electrons. The topological polar surface area (TPSA) is 38.0 Å². The minimum Gasteiger partial charge on any atom is -0.330 e. The Kier molecular flexibility index (Phi) is 6.58. The molecule has 1 unspecified atom stereocenters. The molecule has 0 fully saturated rings. The summed E-state index contributed by atoms with van der Waals surface area (Å²) in [6.45, 7) is 3.98. The zero-order valence-electron chi connectivity index (χ0n) is 6.18. The Hall–Kier alpha value is 0.270. The second kappa shape index (κ2) is 6.39. The normalized spacial score (nSPS) is 13.7. The Morgan fingerprint density at radius 1 is 1.67 bits per heavy atom. The number of hydrogen-bond acceptors (Lipinski definition) is 3. The van der Waals surface area contributed by atoms with E-state index in [0.717, 1.165) is 19.5 Å². The van der Waals surface area contributed by atoms with Gasteiger partial charge in [0, 0.05) is 0 Å². The summed E-state index contributed by atoms with van der Waals surface area (Å²) in [6.07, 6.45) is 3.17. The lowest BCUT2D eigenvalue weighted by Crippen LogP contribution is -2.25. The zero-order chi connectivity index (χ0) is 7.11. The molecule has 0 aliphatic heterocycles. The molecule has 0 spiro atoms. The summed E-state index contributed by atoms with van der Waals surface area (Å²) in [5, 5.41) is 3.88. The first-order valence-electron chi connectivity index (χ1n) is 3.27. The standard InChI is InChI=1S/C6H16N2S/c1-6(9-2)8-5-3-4-7/h6,8H,3-5,7H2,1-2H3. The Morgan fingerprint density at radius 2 is 2.33 bits per heavy atom. The molecule has 9 heavy (non-hydrogen) atoms. The van der Waals surface area contributed by atoms with E-state index in [9.17, 15) is 0 Å². The summed E-state index contributed by atoms with van der Waals surface area (Å²) in [6, 6.07) is 0. The van der Waals surface area contributed by atoms with Crippen molar-refractivity contribution in [3.05, 3.63) is 0 Å². The lowest BCUT2D eigenvalue weighted by atomic mass is 10.4. The van der Waals surface area contributed by atoms with E-state index in [1.165, 1.54) is 0 Å². The summed E-state index contributed by atoms with van der Waals surface area (Å²) in [4.78, 5) is 0. The van der Waals surface area contributed by atoms with Crippen LogP contribution in [0.15, 0.2) is 0 Å². The Bertz CT molecular complexity index is 59.0. The number of nitrogens with one attached hydrogen (secondary N) is 1. The first-order chi connectivity index (χ1) is 4.31. The maximum atomic E-state index is 5.31. The highest BCUT2D eigenvalue weighted by molar-refractivity contribution is 7.99. The summed E-state index contributed by atoms with van der Waals surface area (Å²) in [5.74, 6) is 0. The molecule has 0 heterocycles. The van der Waals surface area contributed by atoms with Gasteiger partial charge in [0.2, 0.25) is 0 Å². The van der Waals surface area contributed by atoms with E-state index < -0.39 is 0 Å². The molecule has 0 aromatic rings. The molecule has 0 bridgehead atoms. The van der Waals surface area contributed by atoms with Crippen molar-refractivity contribution in [3.8, 4) is 0 Å². The molecule has 1 atom stereocenters. The van der Waals surface area contributed by atoms with Crippen molar-refractivity contribution >= 4 is 11.8 Å². The molecular formula is C6H16N2S. The molecule has 0 aliphatic carbocycles. The average molecular weight is 148 g/mol. The van der Waals surface area contributed by atoms with E-state index in [4.69, 9.17) is 5.73 Å². The van der Waals surface area contributed by atoms with Crippen LogP contribution in [0.4, 0.5) is 0 Å². The van der Waals surface area contributed by atoms with Gasteiger partial charge in [0.15, 0.2) is 0 Å². The second-order valence-corrected chi connectivity index (χ2v) is 3.15. The van der Waals surface area contributed by atoms with Crippen molar-refractivity contribution in [2.45, 2.75) is 18.7 Å². The molecule has 0 amide bonds. The predicted octanol–water partition coefficient (Wildman–Crippen LogP) is 0.634. The van der Waals surface area contributed by atoms with Crippen LogP contribution in [0.25, 0.3) is 0 Å². The van der Waals surface area contributed by atoms with Gasteiger partial charge >= 0.3 is 0 Å². The lowest BCUT2D eigenvalue weighted by Gasteiger charge is -2.08. The molecule has 0 radical (unpaired) electrons. The van der Waals surface area contributed by atoms with Crippen molar-refractivity contribution in [2.24, 2.45) is 5.73 Å². The quantitative estimate of drug-likeness (QED) is 0.444. The van der Waals surface area contributed by atoms with Crippen LogP contribution in [-0.4, -0.2) is 24.7 Å². The first-order valence-corrected chi connectivity index (χ1v) is 4.56. The number of rotatable bonds is 5. The molecule has 0 aromatic heterocycles. The molecule has 0 aliphatic rings. The van der Waals surface area contributed by atoms with Crippen LogP contribution in [0.1, 0.15) is 13.3 Å². The third kappa shape index (κ3) is 6.15.